The highest BCUT2D eigenvalue weighted by atomic mass is 31.0. The second kappa shape index (κ2) is 6.49. The Kier molecular flexibility index (Phi) is 5.01. The first-order valence-corrected chi connectivity index (χ1v) is 8.81. The molecule has 0 bridgehead atoms. The summed E-state index contributed by atoms with van der Waals surface area (Å²) < 4.78 is 11.2. The van der Waals surface area contributed by atoms with Crippen molar-refractivity contribution in [3.63, 3.8) is 0 Å². The summed E-state index contributed by atoms with van der Waals surface area (Å²) in [7, 11) is 0.950. The predicted molar refractivity (Wildman–Crippen MR) is 95.5 cm³/mol. The van der Waals surface area contributed by atoms with Crippen LogP contribution < -0.4 is 0 Å². The fourth-order valence-electron chi connectivity index (χ4n) is 2.79. The summed E-state index contributed by atoms with van der Waals surface area (Å²) in [6, 6.07) is 4.29. The lowest BCUT2D eigenvalue weighted by molar-refractivity contribution is 0.0487. The van der Waals surface area contributed by atoms with E-state index >= 15 is 0 Å². The van der Waals surface area contributed by atoms with Crippen LogP contribution in [0.2, 0.25) is 0 Å². The lowest BCUT2D eigenvalue weighted by Gasteiger charge is -2.16. The van der Waals surface area contributed by atoms with E-state index in [4.69, 9.17) is 9.15 Å². The zero-order chi connectivity index (χ0) is 17.4. The molecule has 0 aliphatic carbocycles. The molecule has 2 aromatic rings. The number of benzene rings is 1. The molecule has 0 atom stereocenters. The second-order valence-electron chi connectivity index (χ2n) is 6.94. The summed E-state index contributed by atoms with van der Waals surface area (Å²) in [6.07, 6.45) is 0. The monoisotopic (exact) mass is 332 g/mol. The molecule has 0 saturated heterocycles. The topological polar surface area (TPSA) is 39.4 Å². The Hall–Kier alpha value is -1.60. The Morgan fingerprint density at radius 3 is 2.22 bits per heavy atom. The number of hydrogen-bond acceptors (Lipinski definition) is 3. The first-order chi connectivity index (χ1) is 10.6. The number of ether oxygens (including phenoxy) is 1. The fourth-order valence-corrected chi connectivity index (χ4v) is 4.17. The van der Waals surface area contributed by atoms with Crippen molar-refractivity contribution in [2.24, 2.45) is 0 Å². The molecule has 23 heavy (non-hydrogen) atoms. The van der Waals surface area contributed by atoms with E-state index in [0.29, 0.717) is 12.4 Å². The first kappa shape index (κ1) is 17.7. The molecule has 0 spiro atoms. The molecule has 1 aromatic heterocycles. The highest BCUT2D eigenvalue weighted by Crippen LogP contribution is 2.44. The number of carbonyl (C=O) groups is 1. The van der Waals surface area contributed by atoms with Gasteiger partial charge in [0.05, 0.1) is 6.61 Å². The van der Waals surface area contributed by atoms with Gasteiger partial charge in [0, 0.05) is 10.9 Å². The van der Waals surface area contributed by atoms with Crippen molar-refractivity contribution in [1.29, 1.82) is 0 Å². The molecule has 124 valence electrons. The van der Waals surface area contributed by atoms with Crippen LogP contribution in [0.15, 0.2) is 16.5 Å². The molecule has 0 fully saturated rings. The molecule has 0 amide bonds. The highest BCUT2D eigenvalue weighted by Gasteiger charge is 2.29. The second-order valence-corrected chi connectivity index (χ2v) is 8.02. The molecule has 1 aromatic carbocycles. The molecule has 0 N–H and O–H groups in total. The van der Waals surface area contributed by atoms with Gasteiger partial charge >= 0.3 is 5.97 Å². The van der Waals surface area contributed by atoms with Gasteiger partial charge in [0.2, 0.25) is 5.76 Å². The fraction of sp³-hybridized carbons (Fsp3) is 0.474. The number of aryl methyl sites for hydroxylation is 3. The van der Waals surface area contributed by atoms with Gasteiger partial charge in [0.15, 0.2) is 5.49 Å². The minimum absolute atomic E-state index is 0.155. The van der Waals surface area contributed by atoms with E-state index in [1.165, 1.54) is 16.7 Å². The van der Waals surface area contributed by atoms with Crippen molar-refractivity contribution < 1.29 is 13.9 Å². The van der Waals surface area contributed by atoms with Crippen LogP contribution in [0.25, 0.3) is 11.1 Å². The van der Waals surface area contributed by atoms with E-state index < -0.39 is 0 Å². The Morgan fingerprint density at radius 2 is 1.74 bits per heavy atom. The Balaban J connectivity index is 2.65. The van der Waals surface area contributed by atoms with Gasteiger partial charge in [-0.05, 0) is 52.4 Å². The summed E-state index contributed by atoms with van der Waals surface area (Å²) in [5.74, 6) is -0.0160. The van der Waals surface area contributed by atoms with Gasteiger partial charge in [-0.3, -0.25) is 0 Å². The molecule has 3 nitrogen and oxygen atoms in total. The van der Waals surface area contributed by atoms with Crippen molar-refractivity contribution in [2.45, 2.75) is 53.9 Å². The van der Waals surface area contributed by atoms with Crippen LogP contribution in [0.1, 0.15) is 60.2 Å². The van der Waals surface area contributed by atoms with Gasteiger partial charge < -0.3 is 9.15 Å². The minimum atomic E-state index is -0.373. The maximum atomic E-state index is 12.3. The largest absolute Gasteiger partial charge is 0.460 e. The molecule has 0 radical (unpaired) electrons. The Labute approximate surface area is 140 Å². The van der Waals surface area contributed by atoms with E-state index in [1.807, 2.05) is 0 Å². The molecule has 4 heteroatoms. The van der Waals surface area contributed by atoms with Gasteiger partial charge in [0.25, 0.3) is 0 Å². The molecule has 0 aliphatic rings. The summed E-state index contributed by atoms with van der Waals surface area (Å²) in [5.41, 5.74) is 5.34. The van der Waals surface area contributed by atoms with Crippen molar-refractivity contribution in [2.75, 3.05) is 6.61 Å². The van der Waals surface area contributed by atoms with E-state index in [0.717, 1.165) is 24.5 Å². The van der Waals surface area contributed by atoms with E-state index in [2.05, 4.69) is 53.7 Å². The van der Waals surface area contributed by atoms with Gasteiger partial charge in [0.1, 0.15) is 0 Å². The van der Waals surface area contributed by atoms with Crippen LogP contribution in [0.5, 0.6) is 0 Å². The van der Waals surface area contributed by atoms with Crippen molar-refractivity contribution >= 4 is 14.2 Å². The zero-order valence-electron chi connectivity index (χ0n) is 15.0. The molecule has 1 heterocycles. The van der Waals surface area contributed by atoms with Crippen molar-refractivity contribution in [3.8, 4) is 11.1 Å². The molecular formula is C19H25O3P. The smallest absolute Gasteiger partial charge is 0.374 e. The van der Waals surface area contributed by atoms with Crippen molar-refractivity contribution in [3.05, 3.63) is 39.9 Å². The maximum absolute atomic E-state index is 12.3. The lowest BCUT2D eigenvalue weighted by atomic mass is 9.93. The number of rotatable bonds is 3. The molecule has 2 rings (SSSR count). The van der Waals surface area contributed by atoms with Crippen molar-refractivity contribution in [1.82, 2.24) is 0 Å². The third-order valence-electron chi connectivity index (χ3n) is 3.69. The normalized spacial score (nSPS) is 12.0. The highest BCUT2D eigenvalue weighted by molar-refractivity contribution is 7.34. The molecule has 0 unspecified atom stereocenters. The van der Waals surface area contributed by atoms with Crippen LogP contribution >= 0.6 is 8.19 Å². The van der Waals surface area contributed by atoms with Gasteiger partial charge in [-0.2, -0.15) is 0 Å². The first-order valence-electron chi connectivity index (χ1n) is 7.91. The SMILES string of the molecule is CCOC(=O)c1oc(-c2c(C)cc(C)cc2C)pc1C(C)(C)C. The Bertz CT molecular complexity index is 713. The summed E-state index contributed by atoms with van der Waals surface area (Å²) in [5, 5.41) is 0.977. The molecule has 0 aliphatic heterocycles. The number of carbonyl (C=O) groups excluding carboxylic acids is 1. The van der Waals surface area contributed by atoms with E-state index in [-0.39, 0.29) is 11.4 Å². The summed E-state index contributed by atoms with van der Waals surface area (Å²) in [4.78, 5) is 12.3. The maximum Gasteiger partial charge on any atom is 0.374 e. The van der Waals surface area contributed by atoms with Crippen LogP contribution in [-0.4, -0.2) is 12.6 Å². The van der Waals surface area contributed by atoms with Crippen LogP contribution in [-0.2, 0) is 10.2 Å². The number of esters is 1. The summed E-state index contributed by atoms with van der Waals surface area (Å²) in [6.45, 7) is 14.7. The standard InChI is InChI=1S/C19H25O3P/c1-8-21-17(20)15-16(19(5,6)7)23-18(22-15)14-12(3)9-11(2)10-13(14)4/h9-10H,8H2,1-7H3. The lowest BCUT2D eigenvalue weighted by Crippen LogP contribution is -2.15. The third-order valence-corrected chi connectivity index (χ3v) is 5.30. The Morgan fingerprint density at radius 1 is 1.17 bits per heavy atom. The van der Waals surface area contributed by atoms with Crippen LogP contribution in [0, 0.1) is 20.8 Å². The quantitative estimate of drug-likeness (QED) is 0.654. The number of hydrogen-bond donors (Lipinski definition) is 0. The predicted octanol–water partition coefficient (Wildman–Crippen LogP) is 5.93. The van der Waals surface area contributed by atoms with Gasteiger partial charge in [-0.25, -0.2) is 4.79 Å². The molecule has 0 saturated carbocycles. The molecular weight excluding hydrogens is 307 g/mol. The van der Waals surface area contributed by atoms with Gasteiger partial charge in [-0.1, -0.05) is 38.5 Å². The summed E-state index contributed by atoms with van der Waals surface area (Å²) >= 11 is 0. The van der Waals surface area contributed by atoms with Crippen LogP contribution in [0.4, 0.5) is 0 Å². The zero-order valence-corrected chi connectivity index (χ0v) is 15.9. The minimum Gasteiger partial charge on any atom is -0.460 e. The average Bonchev–Trinajstić information content (AvgIpc) is 2.82. The van der Waals surface area contributed by atoms with E-state index in [9.17, 15) is 4.79 Å². The third kappa shape index (κ3) is 3.67. The van der Waals surface area contributed by atoms with E-state index in [1.54, 1.807) is 6.92 Å². The average molecular weight is 332 g/mol. The van der Waals surface area contributed by atoms with Gasteiger partial charge in [-0.15, -0.1) is 0 Å². The van der Waals surface area contributed by atoms with Crippen LogP contribution in [0.3, 0.4) is 0 Å².